The minimum absolute atomic E-state index is 0.239. The van der Waals surface area contributed by atoms with Gasteiger partial charge >= 0.3 is 0 Å². The second-order valence-electron chi connectivity index (χ2n) is 4.59. The second-order valence-corrected chi connectivity index (χ2v) is 4.59. The summed E-state index contributed by atoms with van der Waals surface area (Å²) < 4.78 is 5.34. The molecule has 0 atom stereocenters. The van der Waals surface area contributed by atoms with Crippen molar-refractivity contribution in [3.05, 3.63) is 42.1 Å². The van der Waals surface area contributed by atoms with Crippen molar-refractivity contribution in [1.29, 1.82) is 0 Å². The third-order valence-corrected chi connectivity index (χ3v) is 3.48. The Morgan fingerprint density at radius 2 is 2.06 bits per heavy atom. The molecule has 0 aliphatic heterocycles. The van der Waals surface area contributed by atoms with Crippen molar-refractivity contribution in [2.45, 2.75) is 18.3 Å². The molecule has 2 heteroatoms. The average molecular weight is 213 g/mol. The summed E-state index contributed by atoms with van der Waals surface area (Å²) in [4.78, 5) is 4.51. The maximum atomic E-state index is 5.34. The Morgan fingerprint density at radius 3 is 2.81 bits per heavy atom. The number of aromatic nitrogens is 1. The SMILES string of the molecule is COCC1(c2cccc3cccnc23)CC1. The minimum atomic E-state index is 0.239. The summed E-state index contributed by atoms with van der Waals surface area (Å²) in [6.45, 7) is 0.808. The van der Waals surface area contributed by atoms with Crippen LogP contribution in [0.2, 0.25) is 0 Å². The van der Waals surface area contributed by atoms with E-state index in [1.807, 2.05) is 12.3 Å². The van der Waals surface area contributed by atoms with Crippen molar-refractivity contribution < 1.29 is 4.74 Å². The topological polar surface area (TPSA) is 22.1 Å². The van der Waals surface area contributed by atoms with Crippen LogP contribution in [0.3, 0.4) is 0 Å². The van der Waals surface area contributed by atoms with Crippen LogP contribution in [0, 0.1) is 0 Å². The standard InChI is InChI=1S/C14H15NO/c1-16-10-14(7-8-14)12-6-2-4-11-5-3-9-15-13(11)12/h2-6,9H,7-8,10H2,1H3. The lowest BCUT2D eigenvalue weighted by molar-refractivity contribution is 0.172. The molecule has 0 radical (unpaired) electrons. The lowest BCUT2D eigenvalue weighted by Crippen LogP contribution is -2.14. The molecular formula is C14H15NO. The van der Waals surface area contributed by atoms with Crippen LogP contribution in [0.15, 0.2) is 36.5 Å². The zero-order valence-corrected chi connectivity index (χ0v) is 9.44. The first-order valence-corrected chi connectivity index (χ1v) is 5.69. The van der Waals surface area contributed by atoms with Gasteiger partial charge in [0.05, 0.1) is 12.1 Å². The molecule has 0 bridgehead atoms. The Balaban J connectivity index is 2.17. The summed E-state index contributed by atoms with van der Waals surface area (Å²) >= 11 is 0. The minimum Gasteiger partial charge on any atom is -0.384 e. The lowest BCUT2D eigenvalue weighted by Gasteiger charge is -2.16. The van der Waals surface area contributed by atoms with Crippen LogP contribution in [-0.2, 0) is 10.2 Å². The van der Waals surface area contributed by atoms with Crippen molar-refractivity contribution in [1.82, 2.24) is 4.98 Å². The number of nitrogens with zero attached hydrogens (tertiary/aromatic N) is 1. The monoisotopic (exact) mass is 213 g/mol. The molecule has 3 rings (SSSR count). The Labute approximate surface area is 95.3 Å². The van der Waals surface area contributed by atoms with Crippen LogP contribution in [0.25, 0.3) is 10.9 Å². The highest BCUT2D eigenvalue weighted by Crippen LogP contribution is 2.49. The van der Waals surface area contributed by atoms with Crippen LogP contribution in [-0.4, -0.2) is 18.7 Å². The maximum Gasteiger partial charge on any atom is 0.0740 e. The molecule has 1 aliphatic rings. The molecule has 0 amide bonds. The maximum absolute atomic E-state index is 5.34. The van der Waals surface area contributed by atoms with Crippen molar-refractivity contribution >= 4 is 10.9 Å². The number of benzene rings is 1. The van der Waals surface area contributed by atoms with Gasteiger partial charge in [-0.1, -0.05) is 24.3 Å². The fraction of sp³-hybridized carbons (Fsp3) is 0.357. The lowest BCUT2D eigenvalue weighted by atomic mass is 9.94. The molecule has 1 aromatic heterocycles. The number of methoxy groups -OCH3 is 1. The fourth-order valence-corrected chi connectivity index (χ4v) is 2.45. The van der Waals surface area contributed by atoms with Gasteiger partial charge in [0.15, 0.2) is 0 Å². The summed E-state index contributed by atoms with van der Waals surface area (Å²) in [5.74, 6) is 0. The van der Waals surface area contributed by atoms with Gasteiger partial charge in [-0.3, -0.25) is 4.98 Å². The van der Waals surface area contributed by atoms with E-state index in [9.17, 15) is 0 Å². The highest BCUT2D eigenvalue weighted by Gasteiger charge is 2.45. The average Bonchev–Trinajstić information content (AvgIpc) is 3.10. The van der Waals surface area contributed by atoms with Gasteiger partial charge in [0.1, 0.15) is 0 Å². The van der Waals surface area contributed by atoms with E-state index in [4.69, 9.17) is 4.74 Å². The number of pyridine rings is 1. The Hall–Kier alpha value is -1.41. The van der Waals surface area contributed by atoms with Crippen LogP contribution >= 0.6 is 0 Å². The van der Waals surface area contributed by atoms with E-state index in [0.29, 0.717) is 0 Å². The van der Waals surface area contributed by atoms with Gasteiger partial charge < -0.3 is 4.74 Å². The van der Waals surface area contributed by atoms with Gasteiger partial charge in [0, 0.05) is 24.1 Å². The molecule has 0 N–H and O–H groups in total. The predicted molar refractivity (Wildman–Crippen MR) is 64.5 cm³/mol. The summed E-state index contributed by atoms with van der Waals surface area (Å²) in [6.07, 6.45) is 4.31. The van der Waals surface area contributed by atoms with E-state index in [1.165, 1.54) is 23.8 Å². The molecule has 1 heterocycles. The molecule has 1 saturated carbocycles. The molecule has 0 spiro atoms. The van der Waals surface area contributed by atoms with Gasteiger partial charge in [-0.25, -0.2) is 0 Å². The van der Waals surface area contributed by atoms with Gasteiger partial charge in [-0.15, -0.1) is 0 Å². The first-order valence-electron chi connectivity index (χ1n) is 5.69. The van der Waals surface area contributed by atoms with E-state index in [1.54, 1.807) is 7.11 Å². The Morgan fingerprint density at radius 1 is 1.25 bits per heavy atom. The van der Waals surface area contributed by atoms with E-state index < -0.39 is 0 Å². The van der Waals surface area contributed by atoms with E-state index in [0.717, 1.165) is 12.1 Å². The normalized spacial score (nSPS) is 17.6. The molecule has 82 valence electrons. The molecule has 1 aliphatic carbocycles. The van der Waals surface area contributed by atoms with Crippen LogP contribution in [0.5, 0.6) is 0 Å². The number of hydrogen-bond acceptors (Lipinski definition) is 2. The predicted octanol–water partition coefficient (Wildman–Crippen LogP) is 2.91. The van der Waals surface area contributed by atoms with E-state index >= 15 is 0 Å². The number of ether oxygens (including phenoxy) is 1. The number of rotatable bonds is 3. The third kappa shape index (κ3) is 1.41. The Bertz CT molecular complexity index is 512. The molecule has 2 nitrogen and oxygen atoms in total. The van der Waals surface area contributed by atoms with Gasteiger partial charge in [0.2, 0.25) is 0 Å². The summed E-state index contributed by atoms with van der Waals surface area (Å²) in [6, 6.07) is 10.5. The zero-order valence-electron chi connectivity index (χ0n) is 9.44. The second kappa shape index (κ2) is 3.56. The number of para-hydroxylation sites is 1. The summed E-state index contributed by atoms with van der Waals surface area (Å²) in [5, 5.41) is 1.22. The first-order chi connectivity index (χ1) is 7.86. The summed E-state index contributed by atoms with van der Waals surface area (Å²) in [7, 11) is 1.78. The molecule has 0 unspecified atom stereocenters. The highest BCUT2D eigenvalue weighted by atomic mass is 16.5. The van der Waals surface area contributed by atoms with Gasteiger partial charge in [0.25, 0.3) is 0 Å². The molecule has 2 aromatic rings. The van der Waals surface area contributed by atoms with Crippen molar-refractivity contribution in [2.24, 2.45) is 0 Å². The molecule has 1 aromatic carbocycles. The molecule has 0 saturated heterocycles. The van der Waals surface area contributed by atoms with E-state index in [-0.39, 0.29) is 5.41 Å². The van der Waals surface area contributed by atoms with Crippen LogP contribution < -0.4 is 0 Å². The zero-order chi connectivity index (χ0) is 11.0. The third-order valence-electron chi connectivity index (χ3n) is 3.48. The van der Waals surface area contributed by atoms with Crippen molar-refractivity contribution in [3.63, 3.8) is 0 Å². The fourth-order valence-electron chi connectivity index (χ4n) is 2.45. The van der Waals surface area contributed by atoms with Crippen molar-refractivity contribution in [3.8, 4) is 0 Å². The van der Waals surface area contributed by atoms with E-state index in [2.05, 4.69) is 29.2 Å². The smallest absolute Gasteiger partial charge is 0.0740 e. The van der Waals surface area contributed by atoms with Crippen LogP contribution in [0.1, 0.15) is 18.4 Å². The number of fused-ring (bicyclic) bond motifs is 1. The molecular weight excluding hydrogens is 198 g/mol. The summed E-state index contributed by atoms with van der Waals surface area (Å²) in [5.41, 5.74) is 2.73. The largest absolute Gasteiger partial charge is 0.384 e. The van der Waals surface area contributed by atoms with Gasteiger partial charge in [-0.2, -0.15) is 0 Å². The first kappa shape index (κ1) is 9.79. The molecule has 1 fully saturated rings. The Kier molecular flexibility index (Phi) is 2.18. The van der Waals surface area contributed by atoms with Gasteiger partial charge in [-0.05, 0) is 24.5 Å². The van der Waals surface area contributed by atoms with Crippen molar-refractivity contribution in [2.75, 3.05) is 13.7 Å². The number of hydrogen-bond donors (Lipinski definition) is 0. The quantitative estimate of drug-likeness (QED) is 0.782. The van der Waals surface area contributed by atoms with Crippen LogP contribution in [0.4, 0.5) is 0 Å². The molecule has 16 heavy (non-hydrogen) atoms. The highest BCUT2D eigenvalue weighted by molar-refractivity contribution is 5.83.